The van der Waals surface area contributed by atoms with Gasteiger partial charge in [0.25, 0.3) is 0 Å². The number of halogens is 2. The highest BCUT2D eigenvalue weighted by Gasteiger charge is 2.12. The molecule has 3 aromatic rings. The molecular weight excluding hydrogens is 346 g/mol. The number of hydrogen-bond acceptors (Lipinski definition) is 2. The summed E-state index contributed by atoms with van der Waals surface area (Å²) >= 11 is 0. The highest BCUT2D eigenvalue weighted by Crippen LogP contribution is 2.32. The first-order valence-corrected chi connectivity index (χ1v) is 8.60. The second-order valence-electron chi connectivity index (χ2n) is 5.96. The minimum atomic E-state index is -0.900. The van der Waals surface area contributed by atoms with Crippen molar-refractivity contribution in [3.05, 3.63) is 83.9 Å². The maximum absolute atomic E-state index is 14.7. The highest BCUT2D eigenvalue weighted by molar-refractivity contribution is 5.90. The van der Waals surface area contributed by atoms with E-state index in [1.807, 2.05) is 31.2 Å². The van der Waals surface area contributed by atoms with Crippen molar-refractivity contribution in [3.8, 4) is 11.5 Å². The molecule has 0 unspecified atom stereocenters. The number of benzene rings is 3. The van der Waals surface area contributed by atoms with Gasteiger partial charge in [-0.2, -0.15) is 0 Å². The fourth-order valence-corrected chi connectivity index (χ4v) is 2.68. The standard InChI is InChI=1S/C23H20F2O2/c1-3-4-13-27-20-10-7-16(8-11-20)22(24)23(25)19-6-5-18-15-21(26-2)12-9-17(18)14-19/h3-12,14-15H,13H2,1-2H3. The van der Waals surface area contributed by atoms with Crippen LogP contribution >= 0.6 is 0 Å². The van der Waals surface area contributed by atoms with Gasteiger partial charge < -0.3 is 9.47 Å². The smallest absolute Gasteiger partial charge is 0.166 e. The Kier molecular flexibility index (Phi) is 5.87. The van der Waals surface area contributed by atoms with Crippen LogP contribution < -0.4 is 9.47 Å². The Morgan fingerprint density at radius 2 is 1.41 bits per heavy atom. The lowest BCUT2D eigenvalue weighted by atomic mass is 10.0. The number of allylic oxidation sites excluding steroid dienone is 1. The molecule has 0 aliphatic heterocycles. The average molecular weight is 366 g/mol. The van der Waals surface area contributed by atoms with Crippen molar-refractivity contribution in [3.63, 3.8) is 0 Å². The summed E-state index contributed by atoms with van der Waals surface area (Å²) in [7, 11) is 1.59. The van der Waals surface area contributed by atoms with Crippen molar-refractivity contribution in [1.82, 2.24) is 0 Å². The molecule has 0 radical (unpaired) electrons. The van der Waals surface area contributed by atoms with E-state index in [1.165, 1.54) is 12.1 Å². The molecule has 0 fully saturated rings. The Hall–Kier alpha value is -3.14. The van der Waals surface area contributed by atoms with Crippen molar-refractivity contribution >= 4 is 22.4 Å². The van der Waals surface area contributed by atoms with Crippen molar-refractivity contribution in [2.75, 3.05) is 13.7 Å². The molecule has 0 aromatic heterocycles. The summed E-state index contributed by atoms with van der Waals surface area (Å²) in [5.74, 6) is -0.475. The molecule has 138 valence electrons. The van der Waals surface area contributed by atoms with Crippen LogP contribution in [0.1, 0.15) is 18.1 Å². The van der Waals surface area contributed by atoms with E-state index < -0.39 is 11.7 Å². The zero-order valence-electron chi connectivity index (χ0n) is 15.2. The van der Waals surface area contributed by atoms with E-state index in [0.717, 1.165) is 10.8 Å². The molecule has 2 nitrogen and oxygen atoms in total. The maximum Gasteiger partial charge on any atom is 0.166 e. The third-order valence-corrected chi connectivity index (χ3v) is 4.18. The lowest BCUT2D eigenvalue weighted by Crippen LogP contribution is -1.93. The van der Waals surface area contributed by atoms with Gasteiger partial charge in [0.2, 0.25) is 0 Å². The molecule has 0 heterocycles. The summed E-state index contributed by atoms with van der Waals surface area (Å²) in [5.41, 5.74) is 0.360. The van der Waals surface area contributed by atoms with Gasteiger partial charge >= 0.3 is 0 Å². The van der Waals surface area contributed by atoms with Crippen molar-refractivity contribution in [1.29, 1.82) is 0 Å². The van der Waals surface area contributed by atoms with E-state index in [4.69, 9.17) is 9.47 Å². The minimum Gasteiger partial charge on any atom is -0.497 e. The van der Waals surface area contributed by atoms with Gasteiger partial charge in [0.15, 0.2) is 11.7 Å². The molecule has 0 N–H and O–H groups in total. The highest BCUT2D eigenvalue weighted by atomic mass is 19.2. The van der Waals surface area contributed by atoms with Gasteiger partial charge in [-0.25, -0.2) is 8.78 Å². The largest absolute Gasteiger partial charge is 0.497 e. The van der Waals surface area contributed by atoms with Gasteiger partial charge in [-0.1, -0.05) is 30.4 Å². The topological polar surface area (TPSA) is 18.5 Å². The summed E-state index contributed by atoms with van der Waals surface area (Å²) in [6.45, 7) is 2.34. The molecule has 3 rings (SSSR count). The van der Waals surface area contributed by atoms with Crippen LogP contribution in [0.3, 0.4) is 0 Å². The molecule has 0 saturated heterocycles. The maximum atomic E-state index is 14.7. The number of hydrogen-bond donors (Lipinski definition) is 0. The number of rotatable bonds is 6. The zero-order valence-corrected chi connectivity index (χ0v) is 15.2. The van der Waals surface area contributed by atoms with Gasteiger partial charge in [-0.05, 0) is 60.2 Å². The van der Waals surface area contributed by atoms with Gasteiger partial charge in [-0.15, -0.1) is 0 Å². The normalized spacial score (nSPS) is 12.3. The Morgan fingerprint density at radius 3 is 2.11 bits per heavy atom. The Morgan fingerprint density at radius 1 is 0.815 bits per heavy atom. The number of fused-ring (bicyclic) bond motifs is 1. The molecule has 4 heteroatoms. The van der Waals surface area contributed by atoms with Crippen LogP contribution in [0.2, 0.25) is 0 Å². The second-order valence-corrected chi connectivity index (χ2v) is 5.96. The Bertz CT molecular complexity index is 989. The third kappa shape index (κ3) is 4.34. The van der Waals surface area contributed by atoms with Crippen LogP contribution in [0.15, 0.2) is 72.8 Å². The number of ether oxygens (including phenoxy) is 2. The van der Waals surface area contributed by atoms with Gasteiger partial charge in [-0.3, -0.25) is 0 Å². The van der Waals surface area contributed by atoms with Gasteiger partial charge in [0, 0.05) is 11.1 Å². The van der Waals surface area contributed by atoms with E-state index >= 15 is 0 Å². The van der Waals surface area contributed by atoms with Crippen molar-refractivity contribution in [2.45, 2.75) is 6.92 Å². The Balaban J connectivity index is 1.87. The predicted octanol–water partition coefficient (Wildman–Crippen LogP) is 6.57. The molecule has 0 saturated carbocycles. The van der Waals surface area contributed by atoms with E-state index in [1.54, 1.807) is 43.5 Å². The first kappa shape index (κ1) is 18.6. The van der Waals surface area contributed by atoms with Crippen LogP contribution in [0.25, 0.3) is 22.4 Å². The van der Waals surface area contributed by atoms with Crippen molar-refractivity contribution < 1.29 is 18.3 Å². The molecule has 0 bridgehead atoms. The molecule has 0 aliphatic rings. The summed E-state index contributed by atoms with van der Waals surface area (Å²) in [6.07, 6.45) is 3.75. The first-order chi connectivity index (χ1) is 13.1. The van der Waals surface area contributed by atoms with Crippen LogP contribution in [0.5, 0.6) is 11.5 Å². The van der Waals surface area contributed by atoms with E-state index in [-0.39, 0.29) is 11.1 Å². The monoisotopic (exact) mass is 366 g/mol. The molecular formula is C23H20F2O2. The van der Waals surface area contributed by atoms with Crippen LogP contribution in [0, 0.1) is 0 Å². The van der Waals surface area contributed by atoms with E-state index in [9.17, 15) is 8.78 Å². The predicted molar refractivity (Wildman–Crippen MR) is 106 cm³/mol. The fourth-order valence-electron chi connectivity index (χ4n) is 2.68. The molecule has 0 aliphatic carbocycles. The summed E-state index contributed by atoms with van der Waals surface area (Å²) < 4.78 is 39.9. The molecule has 0 amide bonds. The Labute approximate surface area is 157 Å². The van der Waals surface area contributed by atoms with Gasteiger partial charge in [0.1, 0.15) is 18.1 Å². The summed E-state index contributed by atoms with van der Waals surface area (Å²) in [5, 5.41) is 1.71. The fraction of sp³-hybridized carbons (Fsp3) is 0.130. The van der Waals surface area contributed by atoms with Crippen molar-refractivity contribution in [2.24, 2.45) is 0 Å². The lowest BCUT2D eigenvalue weighted by molar-refractivity contribution is 0.362. The second kappa shape index (κ2) is 8.49. The van der Waals surface area contributed by atoms with Crippen LogP contribution in [-0.2, 0) is 0 Å². The SMILES string of the molecule is CC=CCOc1ccc(C(F)=C(F)c2ccc3cc(OC)ccc3c2)cc1. The molecule has 0 atom stereocenters. The van der Waals surface area contributed by atoms with Crippen LogP contribution in [-0.4, -0.2) is 13.7 Å². The average Bonchev–Trinajstić information content (AvgIpc) is 2.72. The lowest BCUT2D eigenvalue weighted by Gasteiger charge is -2.07. The summed E-state index contributed by atoms with van der Waals surface area (Å²) in [4.78, 5) is 0. The minimum absolute atomic E-state index is 0.167. The van der Waals surface area contributed by atoms with Crippen LogP contribution in [0.4, 0.5) is 8.78 Å². The summed E-state index contributed by atoms with van der Waals surface area (Å²) in [6, 6.07) is 16.6. The van der Waals surface area contributed by atoms with Gasteiger partial charge in [0.05, 0.1) is 7.11 Å². The quantitative estimate of drug-likeness (QED) is 0.363. The third-order valence-electron chi connectivity index (χ3n) is 4.18. The first-order valence-electron chi connectivity index (χ1n) is 8.60. The molecule has 0 spiro atoms. The zero-order chi connectivity index (χ0) is 19.2. The number of methoxy groups -OCH3 is 1. The molecule has 27 heavy (non-hydrogen) atoms. The molecule has 3 aromatic carbocycles. The van der Waals surface area contributed by atoms with E-state index in [0.29, 0.717) is 18.1 Å². The van der Waals surface area contributed by atoms with E-state index in [2.05, 4.69) is 0 Å².